The van der Waals surface area contributed by atoms with Gasteiger partial charge in [-0.25, -0.2) is 14.4 Å². The Kier molecular flexibility index (Phi) is 8.80. The molecule has 4 N–H and O–H groups in total. The first kappa shape index (κ1) is 29.2. The van der Waals surface area contributed by atoms with Crippen LogP contribution in [0, 0.1) is 11.6 Å². The summed E-state index contributed by atoms with van der Waals surface area (Å²) in [5.41, 5.74) is 1.52. The number of aromatic nitrogens is 3. The van der Waals surface area contributed by atoms with Gasteiger partial charge in [-0.1, -0.05) is 11.6 Å². The van der Waals surface area contributed by atoms with Crippen LogP contribution in [-0.4, -0.2) is 82.1 Å². The number of anilines is 2. The molecule has 0 bridgehead atoms. The number of hydrogen-bond donors (Lipinski definition) is 4. The van der Waals surface area contributed by atoms with Crippen molar-refractivity contribution in [2.45, 2.75) is 12.5 Å². The van der Waals surface area contributed by atoms with E-state index in [9.17, 15) is 23.5 Å². The van der Waals surface area contributed by atoms with Crippen molar-refractivity contribution in [1.29, 1.82) is 0 Å². The average molecular weight is 600 g/mol. The fourth-order valence-corrected chi connectivity index (χ4v) is 5.05. The second-order valence-corrected chi connectivity index (χ2v) is 10.0. The fraction of sp³-hybridized carbons (Fsp3) is 0.286. The van der Waals surface area contributed by atoms with Crippen molar-refractivity contribution in [3.05, 3.63) is 71.1 Å². The van der Waals surface area contributed by atoms with Crippen LogP contribution in [0.1, 0.15) is 16.8 Å². The number of methoxy groups -OCH3 is 1. The lowest BCUT2D eigenvalue weighted by atomic mass is 10.1. The highest BCUT2D eigenvalue weighted by Gasteiger charge is 2.24. The third-order valence-electron chi connectivity index (χ3n) is 6.94. The number of halogens is 3. The molecule has 1 aliphatic heterocycles. The van der Waals surface area contributed by atoms with Crippen LogP contribution < -0.4 is 20.7 Å². The van der Waals surface area contributed by atoms with Crippen molar-refractivity contribution in [2.75, 3.05) is 45.2 Å². The molecule has 4 aromatic rings. The first-order chi connectivity index (χ1) is 20.3. The molecule has 0 radical (unpaired) electrons. The standard InChI is InChI=1S/C28H28ClF2N7O4/c1-42-22-6-5-18(23(30)24(22)31)21-14-35-26-25(33-9-12-38(21)26)36-16-3-4-17(19(29)13-16)27(39)34-7-2-10-37-11-8-32-20(15-37)28(40)41/h3-6,9,12-14,20,32H,2,7-8,10-11,15H2,1H3,(H,33,36)(H,34,39)(H,40,41). The number of ether oxygens (including phenoxy) is 1. The van der Waals surface area contributed by atoms with E-state index in [1.165, 1.54) is 31.6 Å². The maximum absolute atomic E-state index is 14.8. The first-order valence-electron chi connectivity index (χ1n) is 13.1. The number of amides is 1. The van der Waals surface area contributed by atoms with Gasteiger partial charge in [-0.3, -0.25) is 18.9 Å². The molecule has 42 heavy (non-hydrogen) atoms. The van der Waals surface area contributed by atoms with Crippen molar-refractivity contribution in [3.63, 3.8) is 0 Å². The smallest absolute Gasteiger partial charge is 0.322 e. The lowest BCUT2D eigenvalue weighted by Gasteiger charge is -2.31. The summed E-state index contributed by atoms with van der Waals surface area (Å²) in [6.07, 6.45) is 5.14. The molecule has 0 aliphatic carbocycles. The Balaban J connectivity index is 1.23. The van der Waals surface area contributed by atoms with E-state index in [4.69, 9.17) is 16.3 Å². The SMILES string of the molecule is COc1ccc(-c2cnc3c(Nc4ccc(C(=O)NCCCN5CCNC(C(=O)O)C5)c(Cl)c4)nccn23)c(F)c1F. The number of nitrogens with one attached hydrogen (secondary N) is 3. The molecule has 1 amide bonds. The maximum Gasteiger partial charge on any atom is 0.322 e. The van der Waals surface area contributed by atoms with Crippen LogP contribution in [0.25, 0.3) is 16.9 Å². The Morgan fingerprint density at radius 1 is 1.21 bits per heavy atom. The van der Waals surface area contributed by atoms with Gasteiger partial charge >= 0.3 is 5.97 Å². The van der Waals surface area contributed by atoms with Gasteiger partial charge in [-0.2, -0.15) is 4.39 Å². The number of imidazole rings is 1. The van der Waals surface area contributed by atoms with E-state index in [0.29, 0.717) is 61.0 Å². The summed E-state index contributed by atoms with van der Waals surface area (Å²) in [5.74, 6) is -3.22. The van der Waals surface area contributed by atoms with E-state index in [0.717, 1.165) is 6.54 Å². The van der Waals surface area contributed by atoms with E-state index in [1.807, 2.05) is 0 Å². The molecule has 0 saturated carbocycles. The van der Waals surface area contributed by atoms with Gasteiger partial charge in [0, 0.05) is 49.8 Å². The van der Waals surface area contributed by atoms with E-state index in [1.54, 1.807) is 28.8 Å². The zero-order chi connectivity index (χ0) is 29.8. The summed E-state index contributed by atoms with van der Waals surface area (Å²) in [7, 11) is 1.26. The van der Waals surface area contributed by atoms with Crippen LogP contribution in [0.15, 0.2) is 48.9 Å². The molecule has 1 saturated heterocycles. The molecule has 11 nitrogen and oxygen atoms in total. The third-order valence-corrected chi connectivity index (χ3v) is 7.25. The van der Waals surface area contributed by atoms with Gasteiger partial charge in [0.2, 0.25) is 5.82 Å². The highest BCUT2D eigenvalue weighted by Crippen LogP contribution is 2.32. The lowest BCUT2D eigenvalue weighted by molar-refractivity contribution is -0.140. The molecule has 3 heterocycles. The molecule has 14 heteroatoms. The number of fused-ring (bicyclic) bond motifs is 1. The molecule has 2 aromatic heterocycles. The second-order valence-electron chi connectivity index (χ2n) is 9.63. The largest absolute Gasteiger partial charge is 0.494 e. The van der Waals surface area contributed by atoms with Crippen molar-refractivity contribution in [2.24, 2.45) is 0 Å². The first-order valence-corrected chi connectivity index (χ1v) is 13.5. The number of piperazine rings is 1. The number of hydrogen-bond acceptors (Lipinski definition) is 8. The van der Waals surface area contributed by atoms with Gasteiger partial charge in [-0.15, -0.1) is 0 Å². The van der Waals surface area contributed by atoms with Crippen LogP contribution in [0.4, 0.5) is 20.3 Å². The number of nitrogens with zero attached hydrogens (tertiary/aromatic N) is 4. The molecule has 1 atom stereocenters. The summed E-state index contributed by atoms with van der Waals surface area (Å²) in [6, 6.07) is 7.00. The van der Waals surface area contributed by atoms with Gasteiger partial charge in [0.05, 0.1) is 29.6 Å². The van der Waals surface area contributed by atoms with Crippen LogP contribution in [0.2, 0.25) is 5.02 Å². The van der Waals surface area contributed by atoms with Crippen molar-refractivity contribution in [1.82, 2.24) is 29.9 Å². The Hall–Kier alpha value is -4.33. The van der Waals surface area contributed by atoms with Gasteiger partial charge < -0.3 is 25.8 Å². The van der Waals surface area contributed by atoms with Crippen molar-refractivity contribution < 1.29 is 28.2 Å². The quantitative estimate of drug-likeness (QED) is 0.202. The molecule has 2 aromatic carbocycles. The topological polar surface area (TPSA) is 133 Å². The average Bonchev–Trinajstić information content (AvgIpc) is 3.42. The highest BCUT2D eigenvalue weighted by molar-refractivity contribution is 6.34. The second kappa shape index (κ2) is 12.7. The number of carboxylic acids is 1. The van der Waals surface area contributed by atoms with Crippen molar-refractivity contribution in [3.8, 4) is 17.0 Å². The zero-order valence-corrected chi connectivity index (χ0v) is 23.3. The Morgan fingerprint density at radius 2 is 2.05 bits per heavy atom. The Labute approximate surface area is 244 Å². The van der Waals surface area contributed by atoms with E-state index in [2.05, 4.69) is 30.8 Å². The van der Waals surface area contributed by atoms with Crippen LogP contribution >= 0.6 is 11.6 Å². The third kappa shape index (κ3) is 6.12. The summed E-state index contributed by atoms with van der Waals surface area (Å²) >= 11 is 6.43. The summed E-state index contributed by atoms with van der Waals surface area (Å²) < 4.78 is 35.5. The molecule has 5 rings (SSSR count). The van der Waals surface area contributed by atoms with E-state index >= 15 is 0 Å². The predicted octanol–water partition coefficient (Wildman–Crippen LogP) is 3.56. The number of aliphatic carboxylic acids is 1. The van der Waals surface area contributed by atoms with E-state index in [-0.39, 0.29) is 22.2 Å². The number of carbonyl (C=O) groups excluding carboxylic acids is 1. The minimum Gasteiger partial charge on any atom is -0.494 e. The Morgan fingerprint density at radius 3 is 2.81 bits per heavy atom. The number of rotatable bonds is 10. The molecule has 1 fully saturated rings. The normalized spacial score (nSPS) is 15.5. The van der Waals surface area contributed by atoms with Crippen LogP contribution in [0.3, 0.4) is 0 Å². The lowest BCUT2D eigenvalue weighted by Crippen LogP contribution is -2.54. The number of carbonyl (C=O) groups is 2. The van der Waals surface area contributed by atoms with Gasteiger partial charge in [0.15, 0.2) is 23.0 Å². The molecule has 220 valence electrons. The number of carboxylic acid groups (broad SMARTS) is 1. The van der Waals surface area contributed by atoms with Crippen LogP contribution in [-0.2, 0) is 4.79 Å². The fourth-order valence-electron chi connectivity index (χ4n) is 4.79. The summed E-state index contributed by atoms with van der Waals surface area (Å²) in [6.45, 7) is 2.84. The van der Waals surface area contributed by atoms with Gasteiger partial charge in [0.1, 0.15) is 6.04 Å². The monoisotopic (exact) mass is 599 g/mol. The highest BCUT2D eigenvalue weighted by atomic mass is 35.5. The minimum atomic E-state index is -1.09. The van der Waals surface area contributed by atoms with Crippen molar-refractivity contribution >= 4 is 40.6 Å². The summed E-state index contributed by atoms with van der Waals surface area (Å²) in [5, 5.41) is 18.3. The molecular formula is C28H28ClF2N7O4. The zero-order valence-electron chi connectivity index (χ0n) is 22.5. The summed E-state index contributed by atoms with van der Waals surface area (Å²) in [4.78, 5) is 34.6. The molecule has 0 spiro atoms. The molecule has 1 unspecified atom stereocenters. The van der Waals surface area contributed by atoms with Gasteiger partial charge in [0.25, 0.3) is 5.91 Å². The van der Waals surface area contributed by atoms with E-state index < -0.39 is 23.6 Å². The maximum atomic E-state index is 14.8. The minimum absolute atomic E-state index is 0.00810. The van der Waals surface area contributed by atoms with Crippen LogP contribution in [0.5, 0.6) is 5.75 Å². The molecular weight excluding hydrogens is 572 g/mol. The molecule has 1 aliphatic rings. The predicted molar refractivity (Wildman–Crippen MR) is 152 cm³/mol. The number of benzene rings is 2. The van der Waals surface area contributed by atoms with Gasteiger partial charge in [-0.05, 0) is 43.3 Å². The Bertz CT molecular complexity index is 1630.